The van der Waals surface area contributed by atoms with Gasteiger partial charge < -0.3 is 9.84 Å². The topological polar surface area (TPSA) is 87.4 Å². The van der Waals surface area contributed by atoms with Gasteiger partial charge in [0.05, 0.1) is 13.2 Å². The Labute approximate surface area is 82.3 Å². The summed E-state index contributed by atoms with van der Waals surface area (Å²) in [5.41, 5.74) is -1.65. The van der Waals surface area contributed by atoms with Gasteiger partial charge in [0.25, 0.3) is 0 Å². The fourth-order valence-corrected chi connectivity index (χ4v) is 1.05. The highest BCUT2D eigenvalue weighted by molar-refractivity contribution is 5.99. The SMILES string of the molecule is COC(=O)C(C)(C(=O)O)C(C)CC#N. The Kier molecular flexibility index (Phi) is 4.09. The van der Waals surface area contributed by atoms with E-state index in [1.807, 2.05) is 6.07 Å². The standard InChI is InChI=1S/C9H13NO4/c1-6(4-5-10)9(2,7(11)12)8(13)14-3/h6H,4H2,1-3H3,(H,11,12). The van der Waals surface area contributed by atoms with Crippen molar-refractivity contribution in [3.63, 3.8) is 0 Å². The van der Waals surface area contributed by atoms with Crippen LogP contribution in [0.15, 0.2) is 0 Å². The minimum atomic E-state index is -1.65. The number of esters is 1. The second-order valence-corrected chi connectivity index (χ2v) is 3.26. The van der Waals surface area contributed by atoms with E-state index < -0.39 is 23.3 Å². The van der Waals surface area contributed by atoms with Gasteiger partial charge in [0.2, 0.25) is 0 Å². The van der Waals surface area contributed by atoms with Crippen LogP contribution in [-0.4, -0.2) is 24.2 Å². The molecule has 0 aromatic heterocycles. The molecule has 0 saturated carbocycles. The van der Waals surface area contributed by atoms with Gasteiger partial charge in [-0.25, -0.2) is 0 Å². The lowest BCUT2D eigenvalue weighted by Crippen LogP contribution is -2.42. The van der Waals surface area contributed by atoms with Crippen LogP contribution in [0.4, 0.5) is 0 Å². The highest BCUT2D eigenvalue weighted by Crippen LogP contribution is 2.31. The van der Waals surface area contributed by atoms with Gasteiger partial charge in [-0.05, 0) is 12.8 Å². The molecule has 1 N–H and O–H groups in total. The summed E-state index contributed by atoms with van der Waals surface area (Å²) in [5, 5.41) is 17.4. The first-order valence-electron chi connectivity index (χ1n) is 4.10. The van der Waals surface area contributed by atoms with Gasteiger partial charge in [-0.1, -0.05) is 6.92 Å². The van der Waals surface area contributed by atoms with E-state index in [0.717, 1.165) is 7.11 Å². The first-order valence-corrected chi connectivity index (χ1v) is 4.10. The highest BCUT2D eigenvalue weighted by atomic mass is 16.5. The van der Waals surface area contributed by atoms with Crippen LogP contribution in [0.5, 0.6) is 0 Å². The zero-order valence-electron chi connectivity index (χ0n) is 8.40. The average molecular weight is 199 g/mol. The molecule has 0 amide bonds. The van der Waals surface area contributed by atoms with Gasteiger partial charge >= 0.3 is 11.9 Å². The van der Waals surface area contributed by atoms with Crippen LogP contribution in [-0.2, 0) is 14.3 Å². The van der Waals surface area contributed by atoms with Gasteiger partial charge in [-0.2, -0.15) is 5.26 Å². The summed E-state index contributed by atoms with van der Waals surface area (Å²) in [6.45, 7) is 2.80. The molecule has 0 aromatic carbocycles. The van der Waals surface area contributed by atoms with Crippen LogP contribution >= 0.6 is 0 Å². The fourth-order valence-electron chi connectivity index (χ4n) is 1.05. The van der Waals surface area contributed by atoms with Gasteiger partial charge in [0, 0.05) is 6.42 Å². The van der Waals surface area contributed by atoms with Crippen molar-refractivity contribution in [2.45, 2.75) is 20.3 Å². The predicted octanol–water partition coefficient (Wildman–Crippen LogP) is 0.800. The summed E-state index contributed by atoms with van der Waals surface area (Å²) >= 11 is 0. The molecule has 0 spiro atoms. The Morgan fingerprint density at radius 2 is 2.14 bits per heavy atom. The molecule has 0 aliphatic rings. The molecule has 0 aliphatic carbocycles. The van der Waals surface area contributed by atoms with Crippen LogP contribution in [0, 0.1) is 22.7 Å². The zero-order valence-corrected chi connectivity index (χ0v) is 8.40. The number of nitrogens with zero attached hydrogens (tertiary/aromatic N) is 1. The largest absolute Gasteiger partial charge is 0.480 e. The number of hydrogen-bond acceptors (Lipinski definition) is 4. The van der Waals surface area contributed by atoms with E-state index in [-0.39, 0.29) is 6.42 Å². The molecule has 0 radical (unpaired) electrons. The molecule has 0 saturated heterocycles. The van der Waals surface area contributed by atoms with Gasteiger partial charge in [-0.3, -0.25) is 9.59 Å². The molecule has 2 atom stereocenters. The Morgan fingerprint density at radius 1 is 1.64 bits per heavy atom. The van der Waals surface area contributed by atoms with Crippen molar-refractivity contribution in [3.05, 3.63) is 0 Å². The van der Waals surface area contributed by atoms with E-state index in [0.29, 0.717) is 0 Å². The fraction of sp³-hybridized carbons (Fsp3) is 0.667. The number of carboxylic acid groups (broad SMARTS) is 1. The Bertz CT molecular complexity index is 281. The molecule has 0 heterocycles. The van der Waals surface area contributed by atoms with E-state index in [1.54, 1.807) is 0 Å². The van der Waals surface area contributed by atoms with Gasteiger partial charge in [0.1, 0.15) is 0 Å². The number of hydrogen-bond donors (Lipinski definition) is 1. The van der Waals surface area contributed by atoms with Crippen LogP contribution < -0.4 is 0 Å². The van der Waals surface area contributed by atoms with Crippen molar-refractivity contribution < 1.29 is 19.4 Å². The van der Waals surface area contributed by atoms with Crippen LogP contribution in [0.1, 0.15) is 20.3 Å². The van der Waals surface area contributed by atoms with E-state index in [1.165, 1.54) is 13.8 Å². The minimum absolute atomic E-state index is 0.00208. The highest BCUT2D eigenvalue weighted by Gasteiger charge is 2.47. The van der Waals surface area contributed by atoms with Crippen molar-refractivity contribution in [1.29, 1.82) is 5.26 Å². The summed E-state index contributed by atoms with van der Waals surface area (Å²) in [7, 11) is 1.13. The predicted molar refractivity (Wildman–Crippen MR) is 47.2 cm³/mol. The lowest BCUT2D eigenvalue weighted by atomic mass is 9.76. The first-order chi connectivity index (χ1) is 6.41. The lowest BCUT2D eigenvalue weighted by molar-refractivity contribution is -0.169. The quantitative estimate of drug-likeness (QED) is 0.534. The normalized spacial score (nSPS) is 16.1. The van der Waals surface area contributed by atoms with E-state index in [4.69, 9.17) is 10.4 Å². The summed E-state index contributed by atoms with van der Waals surface area (Å²) in [5.74, 6) is -2.68. The molecule has 5 heteroatoms. The van der Waals surface area contributed by atoms with Crippen molar-refractivity contribution in [3.8, 4) is 6.07 Å². The molecule has 0 fully saturated rings. The zero-order chi connectivity index (χ0) is 11.4. The van der Waals surface area contributed by atoms with Crippen molar-refractivity contribution in [2.75, 3.05) is 7.11 Å². The molecule has 78 valence electrons. The number of ether oxygens (including phenoxy) is 1. The smallest absolute Gasteiger partial charge is 0.323 e. The third-order valence-corrected chi connectivity index (χ3v) is 2.44. The lowest BCUT2D eigenvalue weighted by Gasteiger charge is -2.26. The molecule has 14 heavy (non-hydrogen) atoms. The van der Waals surface area contributed by atoms with Crippen molar-refractivity contribution in [2.24, 2.45) is 11.3 Å². The van der Waals surface area contributed by atoms with Crippen LogP contribution in [0.25, 0.3) is 0 Å². The molecule has 0 bridgehead atoms. The minimum Gasteiger partial charge on any atom is -0.480 e. The second kappa shape index (κ2) is 4.61. The number of carbonyl (C=O) groups excluding carboxylic acids is 1. The van der Waals surface area contributed by atoms with E-state index >= 15 is 0 Å². The monoisotopic (exact) mass is 199 g/mol. The van der Waals surface area contributed by atoms with E-state index in [9.17, 15) is 9.59 Å². The number of aliphatic carboxylic acids is 1. The number of nitriles is 1. The second-order valence-electron chi connectivity index (χ2n) is 3.26. The maximum Gasteiger partial charge on any atom is 0.323 e. The molecular weight excluding hydrogens is 186 g/mol. The van der Waals surface area contributed by atoms with E-state index in [2.05, 4.69) is 4.74 Å². The van der Waals surface area contributed by atoms with Crippen LogP contribution in [0.2, 0.25) is 0 Å². The average Bonchev–Trinajstić information content (AvgIpc) is 2.15. The summed E-state index contributed by atoms with van der Waals surface area (Å²) in [6, 6.07) is 1.84. The molecular formula is C9H13NO4. The first kappa shape index (κ1) is 12.4. The van der Waals surface area contributed by atoms with Crippen LogP contribution in [0.3, 0.4) is 0 Å². The Hall–Kier alpha value is -1.57. The summed E-state index contributed by atoms with van der Waals surface area (Å²) in [6.07, 6.45) is -0.00208. The van der Waals surface area contributed by atoms with Crippen molar-refractivity contribution in [1.82, 2.24) is 0 Å². The molecule has 0 rings (SSSR count). The van der Waals surface area contributed by atoms with Crippen molar-refractivity contribution >= 4 is 11.9 Å². The number of methoxy groups -OCH3 is 1. The maximum atomic E-state index is 11.3. The number of rotatable bonds is 4. The number of carbonyl (C=O) groups is 2. The molecule has 0 aliphatic heterocycles. The molecule has 0 aromatic rings. The molecule has 2 unspecified atom stereocenters. The maximum absolute atomic E-state index is 11.3. The summed E-state index contributed by atoms with van der Waals surface area (Å²) in [4.78, 5) is 22.2. The number of carboxylic acids is 1. The molecule has 5 nitrogen and oxygen atoms in total. The third kappa shape index (κ3) is 2.02. The summed E-state index contributed by atoms with van der Waals surface area (Å²) < 4.78 is 4.41. The Morgan fingerprint density at radius 3 is 2.43 bits per heavy atom. The third-order valence-electron chi connectivity index (χ3n) is 2.44. The Balaban J connectivity index is 5.01. The van der Waals surface area contributed by atoms with Gasteiger partial charge in [0.15, 0.2) is 5.41 Å². The van der Waals surface area contributed by atoms with Gasteiger partial charge in [-0.15, -0.1) is 0 Å².